The summed E-state index contributed by atoms with van der Waals surface area (Å²) in [7, 11) is 3.82. The van der Waals surface area contributed by atoms with E-state index in [1.165, 1.54) is 6.07 Å². The summed E-state index contributed by atoms with van der Waals surface area (Å²) >= 11 is 0. The first kappa shape index (κ1) is 21.7. The second kappa shape index (κ2) is 9.21. The lowest BCUT2D eigenvalue weighted by molar-refractivity contribution is 0.0948. The van der Waals surface area contributed by atoms with E-state index in [0.717, 1.165) is 24.1 Å². The van der Waals surface area contributed by atoms with Gasteiger partial charge in [-0.05, 0) is 44.3 Å². The molecule has 1 heterocycles. The lowest BCUT2D eigenvalue weighted by Crippen LogP contribution is -2.31. The fourth-order valence-corrected chi connectivity index (χ4v) is 3.00. The van der Waals surface area contributed by atoms with Crippen molar-refractivity contribution in [2.24, 2.45) is 5.92 Å². The first-order valence-corrected chi connectivity index (χ1v) is 9.80. The van der Waals surface area contributed by atoms with Crippen molar-refractivity contribution in [3.8, 4) is 11.5 Å². The summed E-state index contributed by atoms with van der Waals surface area (Å²) in [5.74, 6) is -1.48. The maximum atomic E-state index is 14.1. The monoisotopic (exact) mass is 416 g/mol. The van der Waals surface area contributed by atoms with E-state index in [1.807, 2.05) is 29.9 Å². The average Bonchev–Trinajstić information content (AvgIpc) is 3.03. The molecule has 3 rings (SSSR count). The SMILES string of the molecule is CC(C)Cn1cc2cc(Oc3ccc(F)cc3F)c(C(=O)NCCN(C)C)cc2n1. The number of rotatable bonds is 8. The van der Waals surface area contributed by atoms with Gasteiger partial charge in [-0.3, -0.25) is 9.48 Å². The maximum absolute atomic E-state index is 14.1. The average molecular weight is 416 g/mol. The van der Waals surface area contributed by atoms with Gasteiger partial charge in [-0.15, -0.1) is 0 Å². The highest BCUT2D eigenvalue weighted by molar-refractivity contribution is 6.01. The van der Waals surface area contributed by atoms with E-state index in [-0.39, 0.29) is 23.0 Å². The molecule has 0 unspecified atom stereocenters. The summed E-state index contributed by atoms with van der Waals surface area (Å²) in [6, 6.07) is 6.33. The van der Waals surface area contributed by atoms with Gasteiger partial charge in [-0.1, -0.05) is 13.8 Å². The van der Waals surface area contributed by atoms with Gasteiger partial charge in [-0.2, -0.15) is 5.10 Å². The van der Waals surface area contributed by atoms with Crippen LogP contribution < -0.4 is 10.1 Å². The Morgan fingerprint density at radius 2 is 1.97 bits per heavy atom. The van der Waals surface area contributed by atoms with Crippen molar-refractivity contribution >= 4 is 16.8 Å². The van der Waals surface area contributed by atoms with Crippen LogP contribution in [0.4, 0.5) is 8.78 Å². The van der Waals surface area contributed by atoms with Crippen molar-refractivity contribution in [3.63, 3.8) is 0 Å². The van der Waals surface area contributed by atoms with E-state index in [0.29, 0.717) is 24.5 Å². The Morgan fingerprint density at radius 1 is 1.20 bits per heavy atom. The zero-order valence-corrected chi connectivity index (χ0v) is 17.6. The molecule has 1 amide bonds. The van der Waals surface area contributed by atoms with Crippen LogP contribution in [0.15, 0.2) is 36.5 Å². The van der Waals surface area contributed by atoms with Crippen molar-refractivity contribution < 1.29 is 18.3 Å². The molecular weight excluding hydrogens is 390 g/mol. The number of amides is 1. The molecule has 1 aromatic heterocycles. The van der Waals surface area contributed by atoms with Crippen LogP contribution in [0.3, 0.4) is 0 Å². The van der Waals surface area contributed by atoms with Crippen LogP contribution in [0.25, 0.3) is 10.9 Å². The molecule has 0 radical (unpaired) electrons. The van der Waals surface area contributed by atoms with Gasteiger partial charge in [0, 0.05) is 37.3 Å². The number of carbonyl (C=O) groups excluding carboxylic acids is 1. The fraction of sp³-hybridized carbons (Fsp3) is 0.364. The number of likely N-dealkylation sites (N-methyl/N-ethyl adjacent to an activating group) is 1. The molecule has 0 saturated heterocycles. The van der Waals surface area contributed by atoms with E-state index in [1.54, 1.807) is 12.1 Å². The number of halogens is 2. The summed E-state index contributed by atoms with van der Waals surface area (Å²) in [4.78, 5) is 14.8. The standard InChI is InChI=1S/C22H26F2N4O2/c1-14(2)12-28-13-15-9-21(30-20-6-5-16(23)10-18(20)24)17(11-19(15)26-28)22(29)25-7-8-27(3)4/h5-6,9-11,13-14H,7-8,12H2,1-4H3,(H,25,29). The molecule has 3 aromatic rings. The summed E-state index contributed by atoms with van der Waals surface area (Å²) in [5, 5.41) is 8.13. The third-order valence-electron chi connectivity index (χ3n) is 4.41. The number of benzene rings is 2. The van der Waals surface area contributed by atoms with Gasteiger partial charge < -0.3 is 15.0 Å². The molecular formula is C22H26F2N4O2. The Kier molecular flexibility index (Phi) is 6.66. The molecule has 0 bridgehead atoms. The number of fused-ring (bicyclic) bond motifs is 1. The quantitative estimate of drug-likeness (QED) is 0.602. The van der Waals surface area contributed by atoms with Gasteiger partial charge in [-0.25, -0.2) is 8.78 Å². The van der Waals surface area contributed by atoms with Crippen molar-refractivity contribution in [2.75, 3.05) is 27.2 Å². The minimum atomic E-state index is -0.843. The highest BCUT2D eigenvalue weighted by Crippen LogP contribution is 2.31. The smallest absolute Gasteiger partial charge is 0.255 e. The van der Waals surface area contributed by atoms with Gasteiger partial charge in [0.25, 0.3) is 5.91 Å². The molecule has 160 valence electrons. The molecule has 2 aromatic carbocycles. The lowest BCUT2D eigenvalue weighted by atomic mass is 10.1. The van der Waals surface area contributed by atoms with Crippen molar-refractivity contribution in [1.29, 1.82) is 0 Å². The third kappa shape index (κ3) is 5.33. The fourth-order valence-electron chi connectivity index (χ4n) is 3.00. The number of aromatic nitrogens is 2. The Balaban J connectivity index is 1.98. The number of hydrogen-bond donors (Lipinski definition) is 1. The van der Waals surface area contributed by atoms with Gasteiger partial charge in [0.1, 0.15) is 11.6 Å². The molecule has 0 aliphatic heterocycles. The van der Waals surface area contributed by atoms with E-state index in [9.17, 15) is 13.6 Å². The minimum absolute atomic E-state index is 0.160. The van der Waals surface area contributed by atoms with Crippen LogP contribution in [-0.2, 0) is 6.54 Å². The van der Waals surface area contributed by atoms with Gasteiger partial charge >= 0.3 is 0 Å². The lowest BCUT2D eigenvalue weighted by Gasteiger charge is -2.14. The van der Waals surface area contributed by atoms with Crippen LogP contribution >= 0.6 is 0 Å². The van der Waals surface area contributed by atoms with Crippen LogP contribution in [0, 0.1) is 17.6 Å². The molecule has 0 fully saturated rings. The largest absolute Gasteiger partial charge is 0.453 e. The van der Waals surface area contributed by atoms with E-state index in [4.69, 9.17) is 4.74 Å². The van der Waals surface area contributed by atoms with Crippen molar-refractivity contribution in [3.05, 3.63) is 53.7 Å². The molecule has 30 heavy (non-hydrogen) atoms. The summed E-state index contributed by atoms with van der Waals surface area (Å²) in [5.41, 5.74) is 0.875. The predicted molar refractivity (Wildman–Crippen MR) is 112 cm³/mol. The molecule has 0 saturated carbocycles. The van der Waals surface area contributed by atoms with E-state index < -0.39 is 11.6 Å². The highest BCUT2D eigenvalue weighted by atomic mass is 19.1. The van der Waals surface area contributed by atoms with Crippen molar-refractivity contribution in [2.45, 2.75) is 20.4 Å². The Bertz CT molecular complexity index is 1050. The van der Waals surface area contributed by atoms with E-state index in [2.05, 4.69) is 24.3 Å². The number of hydrogen-bond acceptors (Lipinski definition) is 4. The Labute approximate surface area is 174 Å². The molecule has 0 atom stereocenters. The summed E-state index contributed by atoms with van der Waals surface area (Å²) < 4.78 is 34.9. The first-order chi connectivity index (χ1) is 14.2. The maximum Gasteiger partial charge on any atom is 0.255 e. The zero-order chi connectivity index (χ0) is 21.8. The molecule has 6 nitrogen and oxygen atoms in total. The number of ether oxygens (including phenoxy) is 1. The van der Waals surface area contributed by atoms with Crippen molar-refractivity contribution in [1.82, 2.24) is 20.0 Å². The van der Waals surface area contributed by atoms with Gasteiger partial charge in [0.2, 0.25) is 0 Å². The van der Waals surface area contributed by atoms with Gasteiger partial charge in [0.05, 0.1) is 11.1 Å². The second-order valence-corrected chi connectivity index (χ2v) is 7.89. The van der Waals surface area contributed by atoms with Crippen LogP contribution in [0.2, 0.25) is 0 Å². The first-order valence-electron chi connectivity index (χ1n) is 9.80. The topological polar surface area (TPSA) is 59.4 Å². The molecule has 0 aliphatic carbocycles. The molecule has 0 spiro atoms. The molecule has 8 heteroatoms. The van der Waals surface area contributed by atoms with E-state index >= 15 is 0 Å². The summed E-state index contributed by atoms with van der Waals surface area (Å²) in [6.07, 6.45) is 1.86. The third-order valence-corrected chi connectivity index (χ3v) is 4.41. The summed E-state index contributed by atoms with van der Waals surface area (Å²) in [6.45, 7) is 6.00. The van der Waals surface area contributed by atoms with Crippen LogP contribution in [0.1, 0.15) is 24.2 Å². The molecule has 0 aliphatic rings. The van der Waals surface area contributed by atoms with Crippen LogP contribution in [-0.4, -0.2) is 47.8 Å². The number of nitrogens with zero attached hydrogens (tertiary/aromatic N) is 3. The zero-order valence-electron chi connectivity index (χ0n) is 17.6. The normalized spacial score (nSPS) is 11.5. The van der Waals surface area contributed by atoms with Gasteiger partial charge in [0.15, 0.2) is 11.6 Å². The van der Waals surface area contributed by atoms with Crippen LogP contribution in [0.5, 0.6) is 11.5 Å². The predicted octanol–water partition coefficient (Wildman–Crippen LogP) is 4.05. The Morgan fingerprint density at radius 3 is 2.63 bits per heavy atom. The Hall–Kier alpha value is -3.00. The highest BCUT2D eigenvalue weighted by Gasteiger charge is 2.18. The number of carbonyl (C=O) groups is 1. The molecule has 1 N–H and O–H groups in total. The minimum Gasteiger partial charge on any atom is -0.453 e. The second-order valence-electron chi connectivity index (χ2n) is 7.89. The number of nitrogens with one attached hydrogen (secondary N) is 1.